The van der Waals surface area contributed by atoms with E-state index in [0.29, 0.717) is 11.7 Å². The Balaban J connectivity index is 1.37. The number of amides is 2. The number of nitrogens with zero attached hydrogens (tertiary/aromatic N) is 1. The summed E-state index contributed by atoms with van der Waals surface area (Å²) < 4.78 is 5.75. The second-order valence-electron chi connectivity index (χ2n) is 7.03. The molecule has 2 amide bonds. The summed E-state index contributed by atoms with van der Waals surface area (Å²) in [5.74, 6) is 0.803. The molecule has 2 aliphatic rings. The highest BCUT2D eigenvalue weighted by molar-refractivity contribution is 6.01. The highest BCUT2D eigenvalue weighted by atomic mass is 16.5. The molecule has 1 saturated carbocycles. The monoisotopic (exact) mass is 350 g/mol. The third-order valence-corrected chi connectivity index (χ3v) is 5.18. The number of anilines is 1. The minimum atomic E-state index is -0.655. The van der Waals surface area contributed by atoms with Crippen LogP contribution in [0, 0.1) is 11.8 Å². The molecule has 1 heterocycles. The number of hydrogen-bond donors (Lipinski definition) is 1. The number of para-hydroxylation sites is 2. The van der Waals surface area contributed by atoms with Gasteiger partial charge in [0.05, 0.1) is 5.69 Å². The fourth-order valence-corrected chi connectivity index (χ4v) is 3.55. The van der Waals surface area contributed by atoms with Crippen LogP contribution in [0.2, 0.25) is 0 Å². The van der Waals surface area contributed by atoms with E-state index in [1.165, 1.54) is 5.56 Å². The second kappa shape index (κ2) is 6.83. The van der Waals surface area contributed by atoms with Crippen molar-refractivity contribution in [1.29, 1.82) is 0 Å². The standard InChI is InChI=1S/C21H22N2O3/c1-23-18-9-5-6-10-19(18)26-13-17(21(23)25)22-20(24)16-12-15(16)11-14-7-3-2-4-8-14/h2-10,15-17H,11-13H2,1H3,(H,22,24)/t15?,16?,17-/m0/s1. The van der Waals surface area contributed by atoms with E-state index >= 15 is 0 Å². The number of nitrogens with one attached hydrogen (secondary N) is 1. The second-order valence-corrected chi connectivity index (χ2v) is 7.03. The van der Waals surface area contributed by atoms with Crippen LogP contribution in [0.5, 0.6) is 5.75 Å². The molecular weight excluding hydrogens is 328 g/mol. The van der Waals surface area contributed by atoms with Crippen molar-refractivity contribution in [3.63, 3.8) is 0 Å². The molecular formula is C21H22N2O3. The van der Waals surface area contributed by atoms with Crippen molar-refractivity contribution >= 4 is 17.5 Å². The molecule has 1 aliphatic heterocycles. The summed E-state index contributed by atoms with van der Waals surface area (Å²) in [4.78, 5) is 26.8. The Morgan fingerprint density at radius 2 is 1.88 bits per heavy atom. The van der Waals surface area contributed by atoms with Crippen LogP contribution in [0.1, 0.15) is 12.0 Å². The largest absolute Gasteiger partial charge is 0.489 e. The maximum atomic E-state index is 12.7. The first-order chi connectivity index (χ1) is 12.6. The lowest BCUT2D eigenvalue weighted by atomic mass is 10.1. The summed E-state index contributed by atoms with van der Waals surface area (Å²) in [7, 11) is 1.71. The van der Waals surface area contributed by atoms with Crippen molar-refractivity contribution in [2.45, 2.75) is 18.9 Å². The van der Waals surface area contributed by atoms with Crippen molar-refractivity contribution in [1.82, 2.24) is 5.32 Å². The van der Waals surface area contributed by atoms with Crippen LogP contribution in [-0.4, -0.2) is 31.5 Å². The van der Waals surface area contributed by atoms with Crippen LogP contribution in [0.15, 0.2) is 54.6 Å². The fourth-order valence-electron chi connectivity index (χ4n) is 3.55. The van der Waals surface area contributed by atoms with Gasteiger partial charge in [0.1, 0.15) is 18.4 Å². The van der Waals surface area contributed by atoms with Crippen molar-refractivity contribution in [2.75, 3.05) is 18.6 Å². The lowest BCUT2D eigenvalue weighted by Crippen LogP contribution is -2.50. The smallest absolute Gasteiger partial charge is 0.252 e. The molecule has 0 bridgehead atoms. The van der Waals surface area contributed by atoms with Crippen LogP contribution in [-0.2, 0) is 16.0 Å². The molecule has 1 N–H and O–H groups in total. The number of rotatable bonds is 4. The Hall–Kier alpha value is -2.82. The lowest BCUT2D eigenvalue weighted by Gasteiger charge is -2.20. The minimum absolute atomic E-state index is 0.0149. The van der Waals surface area contributed by atoms with Crippen LogP contribution in [0.25, 0.3) is 0 Å². The molecule has 0 radical (unpaired) electrons. The summed E-state index contributed by atoms with van der Waals surface area (Å²) in [6.07, 6.45) is 1.78. The topological polar surface area (TPSA) is 58.6 Å². The van der Waals surface area contributed by atoms with Gasteiger partial charge in [0, 0.05) is 13.0 Å². The SMILES string of the molecule is CN1C(=O)[C@@H](NC(=O)C2CC2Cc2ccccc2)COc2ccccc21. The average Bonchev–Trinajstić information content (AvgIpc) is 3.44. The first-order valence-corrected chi connectivity index (χ1v) is 8.97. The zero-order chi connectivity index (χ0) is 18.1. The maximum Gasteiger partial charge on any atom is 0.252 e. The summed E-state index contributed by atoms with van der Waals surface area (Å²) in [5.41, 5.74) is 1.97. The predicted octanol–water partition coefficient (Wildman–Crippen LogP) is 2.41. The van der Waals surface area contributed by atoms with E-state index in [0.717, 1.165) is 18.5 Å². The van der Waals surface area contributed by atoms with Gasteiger partial charge in [0.15, 0.2) is 0 Å². The minimum Gasteiger partial charge on any atom is -0.489 e. The Morgan fingerprint density at radius 3 is 2.69 bits per heavy atom. The van der Waals surface area contributed by atoms with Gasteiger partial charge in [-0.1, -0.05) is 42.5 Å². The van der Waals surface area contributed by atoms with Gasteiger partial charge in [0.25, 0.3) is 5.91 Å². The molecule has 0 aromatic heterocycles. The number of hydrogen-bond acceptors (Lipinski definition) is 3. The average molecular weight is 350 g/mol. The van der Waals surface area contributed by atoms with Gasteiger partial charge < -0.3 is 15.0 Å². The number of carbonyl (C=O) groups excluding carboxylic acids is 2. The Bertz CT molecular complexity index is 821. The van der Waals surface area contributed by atoms with E-state index in [-0.39, 0.29) is 24.3 Å². The van der Waals surface area contributed by atoms with Gasteiger partial charge >= 0.3 is 0 Å². The molecule has 2 aromatic rings. The van der Waals surface area contributed by atoms with E-state index in [1.54, 1.807) is 11.9 Å². The van der Waals surface area contributed by atoms with Gasteiger partial charge in [-0.3, -0.25) is 9.59 Å². The maximum absolute atomic E-state index is 12.7. The van der Waals surface area contributed by atoms with E-state index < -0.39 is 6.04 Å². The number of carbonyl (C=O) groups is 2. The summed E-state index contributed by atoms with van der Waals surface area (Å²) in [6.45, 7) is 0.155. The molecule has 5 heteroatoms. The molecule has 2 unspecified atom stereocenters. The molecule has 134 valence electrons. The zero-order valence-corrected chi connectivity index (χ0v) is 14.7. The van der Waals surface area contributed by atoms with Crippen molar-refractivity contribution < 1.29 is 14.3 Å². The van der Waals surface area contributed by atoms with Crippen molar-refractivity contribution in [3.8, 4) is 5.75 Å². The van der Waals surface area contributed by atoms with Gasteiger partial charge in [-0.2, -0.15) is 0 Å². The normalized spacial score (nSPS) is 24.3. The first-order valence-electron chi connectivity index (χ1n) is 8.97. The highest BCUT2D eigenvalue weighted by Crippen LogP contribution is 2.41. The molecule has 4 rings (SSSR count). The number of fused-ring (bicyclic) bond motifs is 1. The Morgan fingerprint density at radius 1 is 1.15 bits per heavy atom. The van der Waals surface area contributed by atoms with Crippen molar-refractivity contribution in [2.24, 2.45) is 11.8 Å². The Kier molecular flexibility index (Phi) is 4.37. The molecule has 2 aromatic carbocycles. The predicted molar refractivity (Wildman–Crippen MR) is 99.0 cm³/mol. The summed E-state index contributed by atoms with van der Waals surface area (Å²) in [5, 5.41) is 2.90. The van der Waals surface area contributed by atoms with Crippen LogP contribution in [0.3, 0.4) is 0 Å². The van der Waals surface area contributed by atoms with Crippen LogP contribution in [0.4, 0.5) is 5.69 Å². The van der Waals surface area contributed by atoms with E-state index in [1.807, 2.05) is 42.5 Å². The fraction of sp³-hybridized carbons (Fsp3) is 0.333. The quantitative estimate of drug-likeness (QED) is 0.921. The van der Waals surface area contributed by atoms with Gasteiger partial charge in [-0.15, -0.1) is 0 Å². The molecule has 1 aliphatic carbocycles. The third kappa shape index (κ3) is 3.29. The molecule has 26 heavy (non-hydrogen) atoms. The van der Waals surface area contributed by atoms with E-state index in [2.05, 4.69) is 17.4 Å². The molecule has 0 spiro atoms. The van der Waals surface area contributed by atoms with Gasteiger partial charge in [-0.05, 0) is 36.5 Å². The number of likely N-dealkylation sites (N-methyl/N-ethyl adjacent to an activating group) is 1. The Labute approximate surface area is 153 Å². The summed E-state index contributed by atoms with van der Waals surface area (Å²) >= 11 is 0. The van der Waals surface area contributed by atoms with Gasteiger partial charge in [-0.25, -0.2) is 0 Å². The van der Waals surface area contributed by atoms with E-state index in [9.17, 15) is 9.59 Å². The molecule has 3 atom stereocenters. The molecule has 1 fully saturated rings. The summed E-state index contributed by atoms with van der Waals surface area (Å²) in [6, 6.07) is 16.9. The highest BCUT2D eigenvalue weighted by Gasteiger charge is 2.44. The zero-order valence-electron chi connectivity index (χ0n) is 14.7. The van der Waals surface area contributed by atoms with Crippen molar-refractivity contribution in [3.05, 3.63) is 60.2 Å². The molecule has 5 nitrogen and oxygen atoms in total. The van der Waals surface area contributed by atoms with E-state index in [4.69, 9.17) is 4.74 Å². The number of benzene rings is 2. The lowest BCUT2D eigenvalue weighted by molar-refractivity contribution is -0.128. The van der Waals surface area contributed by atoms with Gasteiger partial charge in [0.2, 0.25) is 5.91 Å². The van der Waals surface area contributed by atoms with Crippen LogP contribution >= 0.6 is 0 Å². The first kappa shape index (κ1) is 16.6. The third-order valence-electron chi connectivity index (χ3n) is 5.18. The van der Waals surface area contributed by atoms with Crippen LogP contribution < -0.4 is 15.0 Å². The number of ether oxygens (including phenoxy) is 1. The molecule has 0 saturated heterocycles.